The highest BCUT2D eigenvalue weighted by Crippen LogP contribution is 2.18. The van der Waals surface area contributed by atoms with E-state index in [9.17, 15) is 14.7 Å². The Morgan fingerprint density at radius 3 is 2.28 bits per heavy atom. The zero-order valence-corrected chi connectivity index (χ0v) is 18.3. The van der Waals surface area contributed by atoms with Crippen LogP contribution >= 0.6 is 0 Å². The molecule has 9 nitrogen and oxygen atoms in total. The topological polar surface area (TPSA) is 109 Å². The van der Waals surface area contributed by atoms with Crippen LogP contribution in [0, 0.1) is 5.92 Å². The Hall–Kier alpha value is -1.26. The lowest BCUT2D eigenvalue weighted by Gasteiger charge is -2.24. The van der Waals surface area contributed by atoms with Gasteiger partial charge in [-0.3, -0.25) is 9.59 Å². The summed E-state index contributed by atoms with van der Waals surface area (Å²) < 4.78 is 16.2. The summed E-state index contributed by atoms with van der Waals surface area (Å²) in [5, 5.41) is 16.0. The van der Waals surface area contributed by atoms with Gasteiger partial charge in [0.1, 0.15) is 12.6 Å². The van der Waals surface area contributed by atoms with Crippen molar-refractivity contribution >= 4 is 11.8 Å². The molecular weight excluding hydrogens is 378 g/mol. The molecule has 0 bridgehead atoms. The van der Waals surface area contributed by atoms with Crippen molar-refractivity contribution in [3.05, 3.63) is 0 Å². The Morgan fingerprint density at radius 1 is 1.03 bits per heavy atom. The van der Waals surface area contributed by atoms with Crippen molar-refractivity contribution in [3.63, 3.8) is 0 Å². The van der Waals surface area contributed by atoms with Gasteiger partial charge in [0.25, 0.3) is 0 Å². The molecule has 1 aliphatic rings. The van der Waals surface area contributed by atoms with Crippen LogP contribution < -0.4 is 10.6 Å². The average Bonchev–Trinajstić information content (AvgIpc) is 3.05. The molecule has 0 aromatic heterocycles. The third kappa shape index (κ3) is 11.5. The van der Waals surface area contributed by atoms with Crippen molar-refractivity contribution in [3.8, 4) is 0 Å². The number of hydrogen-bond acceptors (Lipinski definition) is 7. The lowest BCUT2D eigenvalue weighted by molar-refractivity contribution is -0.142. The van der Waals surface area contributed by atoms with Crippen LogP contribution in [0.3, 0.4) is 0 Å². The first-order chi connectivity index (χ1) is 13.8. The predicted molar refractivity (Wildman–Crippen MR) is 110 cm³/mol. The second kappa shape index (κ2) is 14.7. The number of β-amino-alcohol motifs (C(OH)–C–C–N with tert-alkyl or cyclic N) is 1. The van der Waals surface area contributed by atoms with Gasteiger partial charge in [-0.25, -0.2) is 0 Å². The van der Waals surface area contributed by atoms with Gasteiger partial charge in [-0.1, -0.05) is 27.7 Å². The van der Waals surface area contributed by atoms with E-state index in [1.54, 1.807) is 0 Å². The van der Waals surface area contributed by atoms with Crippen LogP contribution in [0.1, 0.15) is 34.1 Å². The number of nitrogens with one attached hydrogen (secondary N) is 2. The Bertz CT molecular complexity index is 475. The fourth-order valence-electron chi connectivity index (χ4n) is 2.86. The van der Waals surface area contributed by atoms with E-state index in [0.717, 1.165) is 6.54 Å². The Labute approximate surface area is 174 Å². The molecule has 29 heavy (non-hydrogen) atoms. The standard InChI is InChI=1S/C20H39N3O6/c1-15(2)12-22-20(26)18-11-17(24)13-23(18)19(25)14-29-10-9-28-8-7-27-6-5-21-16(3)4/h15-18,21,24H,5-14H2,1-4H3,(H,22,26). The Morgan fingerprint density at radius 2 is 1.66 bits per heavy atom. The number of carbonyl (C=O) groups is 2. The van der Waals surface area contributed by atoms with E-state index in [2.05, 4.69) is 24.5 Å². The van der Waals surface area contributed by atoms with Crippen LogP contribution in [0.25, 0.3) is 0 Å². The third-order valence-corrected chi connectivity index (χ3v) is 4.36. The number of amides is 2. The first-order valence-corrected chi connectivity index (χ1v) is 10.5. The molecule has 9 heteroatoms. The number of hydrogen-bond donors (Lipinski definition) is 3. The van der Waals surface area contributed by atoms with Crippen LogP contribution in [0.15, 0.2) is 0 Å². The molecule has 1 aliphatic heterocycles. The van der Waals surface area contributed by atoms with Crippen molar-refractivity contribution in [2.24, 2.45) is 5.92 Å². The number of ether oxygens (including phenoxy) is 3. The summed E-state index contributed by atoms with van der Waals surface area (Å²) in [4.78, 5) is 26.1. The molecule has 0 spiro atoms. The number of nitrogens with zero attached hydrogens (tertiary/aromatic N) is 1. The highest BCUT2D eigenvalue weighted by Gasteiger charge is 2.38. The SMILES string of the molecule is CC(C)CNC(=O)C1CC(O)CN1C(=O)COCCOCCOCCNC(C)C. The summed E-state index contributed by atoms with van der Waals surface area (Å²) in [6, 6.07) is -0.193. The van der Waals surface area contributed by atoms with Gasteiger partial charge in [0.05, 0.1) is 39.1 Å². The maximum atomic E-state index is 12.4. The molecule has 0 saturated carbocycles. The smallest absolute Gasteiger partial charge is 0.249 e. The minimum absolute atomic E-state index is 0.137. The van der Waals surface area contributed by atoms with Crippen molar-refractivity contribution in [1.82, 2.24) is 15.5 Å². The molecule has 2 atom stereocenters. The summed E-state index contributed by atoms with van der Waals surface area (Å²) in [6.45, 7) is 11.8. The van der Waals surface area contributed by atoms with Crippen molar-refractivity contribution in [2.75, 3.05) is 59.3 Å². The summed E-state index contributed by atoms with van der Waals surface area (Å²) in [5.74, 6) is -0.206. The van der Waals surface area contributed by atoms with Crippen molar-refractivity contribution in [1.29, 1.82) is 0 Å². The fourth-order valence-corrected chi connectivity index (χ4v) is 2.86. The van der Waals surface area contributed by atoms with Crippen LogP contribution in [0.5, 0.6) is 0 Å². The summed E-state index contributed by atoms with van der Waals surface area (Å²) >= 11 is 0. The molecule has 0 aliphatic carbocycles. The van der Waals surface area contributed by atoms with E-state index in [-0.39, 0.29) is 38.0 Å². The number of likely N-dealkylation sites (tertiary alicyclic amines) is 1. The van der Waals surface area contributed by atoms with E-state index >= 15 is 0 Å². The lowest BCUT2D eigenvalue weighted by atomic mass is 10.1. The molecule has 1 rings (SSSR count). The second-order valence-electron chi connectivity index (χ2n) is 7.98. The van der Waals surface area contributed by atoms with Gasteiger partial charge in [0, 0.05) is 32.1 Å². The normalized spacial score (nSPS) is 19.3. The van der Waals surface area contributed by atoms with E-state index in [1.807, 2.05) is 13.8 Å². The molecule has 3 N–H and O–H groups in total. The second-order valence-corrected chi connectivity index (χ2v) is 7.98. The van der Waals surface area contributed by atoms with Gasteiger partial charge >= 0.3 is 0 Å². The maximum Gasteiger partial charge on any atom is 0.249 e. The summed E-state index contributed by atoms with van der Waals surface area (Å²) in [5.41, 5.74) is 0. The van der Waals surface area contributed by atoms with Crippen LogP contribution in [0.2, 0.25) is 0 Å². The van der Waals surface area contributed by atoms with E-state index in [0.29, 0.717) is 44.9 Å². The molecule has 2 unspecified atom stereocenters. The Balaban J connectivity index is 2.13. The van der Waals surface area contributed by atoms with Crippen molar-refractivity contribution < 1.29 is 28.9 Å². The number of carbonyl (C=O) groups excluding carboxylic acids is 2. The molecule has 0 aromatic rings. The molecule has 1 saturated heterocycles. The molecule has 1 heterocycles. The summed E-state index contributed by atoms with van der Waals surface area (Å²) in [7, 11) is 0. The Kier molecular flexibility index (Phi) is 13.0. The van der Waals surface area contributed by atoms with Gasteiger partial charge in [0.2, 0.25) is 11.8 Å². The molecule has 2 amide bonds. The van der Waals surface area contributed by atoms with Gasteiger partial charge in [-0.2, -0.15) is 0 Å². The lowest BCUT2D eigenvalue weighted by Crippen LogP contribution is -2.47. The zero-order valence-electron chi connectivity index (χ0n) is 18.3. The molecule has 170 valence electrons. The largest absolute Gasteiger partial charge is 0.391 e. The van der Waals surface area contributed by atoms with Crippen molar-refractivity contribution in [2.45, 2.75) is 52.3 Å². The first kappa shape index (κ1) is 25.8. The van der Waals surface area contributed by atoms with Crippen LogP contribution in [0.4, 0.5) is 0 Å². The highest BCUT2D eigenvalue weighted by atomic mass is 16.5. The zero-order chi connectivity index (χ0) is 21.6. The predicted octanol–water partition coefficient (Wildman–Crippen LogP) is -0.232. The average molecular weight is 418 g/mol. The van der Waals surface area contributed by atoms with Gasteiger partial charge in [-0.15, -0.1) is 0 Å². The molecule has 0 radical (unpaired) electrons. The van der Waals surface area contributed by atoms with Gasteiger partial charge < -0.3 is 34.9 Å². The highest BCUT2D eigenvalue weighted by molar-refractivity contribution is 5.88. The van der Waals surface area contributed by atoms with E-state index in [4.69, 9.17) is 14.2 Å². The number of aliphatic hydroxyl groups is 1. The molecule has 0 aromatic carbocycles. The first-order valence-electron chi connectivity index (χ1n) is 10.5. The number of rotatable bonds is 15. The van der Waals surface area contributed by atoms with E-state index < -0.39 is 12.1 Å². The van der Waals surface area contributed by atoms with Crippen LogP contribution in [-0.2, 0) is 23.8 Å². The molecular formula is C20H39N3O6. The minimum atomic E-state index is -0.687. The monoisotopic (exact) mass is 417 g/mol. The third-order valence-electron chi connectivity index (χ3n) is 4.36. The minimum Gasteiger partial charge on any atom is -0.391 e. The number of aliphatic hydroxyl groups excluding tert-OH is 1. The van der Waals surface area contributed by atoms with E-state index in [1.165, 1.54) is 4.90 Å². The van der Waals surface area contributed by atoms with Crippen LogP contribution in [-0.4, -0.2) is 99.3 Å². The maximum absolute atomic E-state index is 12.4. The van der Waals surface area contributed by atoms with Gasteiger partial charge in [-0.05, 0) is 5.92 Å². The quantitative estimate of drug-likeness (QED) is 0.316. The molecule has 1 fully saturated rings. The summed E-state index contributed by atoms with van der Waals surface area (Å²) in [6.07, 6.45) is -0.432. The van der Waals surface area contributed by atoms with Gasteiger partial charge in [0.15, 0.2) is 0 Å². The fraction of sp³-hybridized carbons (Fsp3) is 0.900.